The Balaban J connectivity index is 2.41. The van der Waals surface area contributed by atoms with E-state index in [1.807, 2.05) is 0 Å². The van der Waals surface area contributed by atoms with Gasteiger partial charge in [0.1, 0.15) is 0 Å². The van der Waals surface area contributed by atoms with Crippen LogP contribution >= 0.6 is 7.82 Å². The quantitative estimate of drug-likeness (QED) is 0.0161. The van der Waals surface area contributed by atoms with Crippen LogP contribution < -0.4 is 11.1 Å². The maximum Gasteiger partial charge on any atom is 0.475 e. The summed E-state index contributed by atoms with van der Waals surface area (Å²) in [6, 6.07) is -0.866. The predicted octanol–water partition coefficient (Wildman–Crippen LogP) is 11.0. The highest BCUT2D eigenvalue weighted by Crippen LogP contribution is 2.44. The van der Waals surface area contributed by atoms with Crippen molar-refractivity contribution < 1.29 is 42.4 Å². The molecule has 0 spiro atoms. The number of aromatic nitrogens is 2. The molecule has 60 heavy (non-hydrogen) atoms. The fourth-order valence-electron chi connectivity index (χ4n) is 6.58. The number of amides is 1. The molecule has 1 rings (SSSR count). The molecule has 3 unspecified atom stereocenters. The fraction of sp³-hybridized carbons (Fsp3) is 0.783. The van der Waals surface area contributed by atoms with Gasteiger partial charge in [0, 0.05) is 37.7 Å². The van der Waals surface area contributed by atoms with E-state index in [1.54, 1.807) is 6.20 Å². The first kappa shape index (κ1) is 55.2. The Hall–Kier alpha value is -2.83. The van der Waals surface area contributed by atoms with Gasteiger partial charge in [-0.05, 0) is 64.2 Å². The van der Waals surface area contributed by atoms with Gasteiger partial charge in [-0.2, -0.15) is 0 Å². The number of unbranched alkanes of at least 4 members (excludes halogenated alkanes) is 22. The third-order valence-electron chi connectivity index (χ3n) is 10.2. The molecule has 0 bridgehead atoms. The summed E-state index contributed by atoms with van der Waals surface area (Å²) in [5.41, 5.74) is 6.61. The first-order chi connectivity index (χ1) is 29.2. The Kier molecular flexibility index (Phi) is 35.9. The van der Waals surface area contributed by atoms with Crippen molar-refractivity contribution in [2.45, 2.75) is 212 Å². The highest BCUT2D eigenvalue weighted by molar-refractivity contribution is 7.47. The Labute approximate surface area is 362 Å². The van der Waals surface area contributed by atoms with Crippen molar-refractivity contribution in [2.75, 3.05) is 19.8 Å². The number of phosphoric ester groups is 1. The topological polar surface area (TPSA) is 192 Å². The Morgan fingerprint density at radius 1 is 0.733 bits per heavy atom. The highest BCUT2D eigenvalue weighted by Gasteiger charge is 2.30. The number of aromatic amines is 1. The van der Waals surface area contributed by atoms with Crippen molar-refractivity contribution in [1.29, 1.82) is 0 Å². The Bertz CT molecular complexity index is 1290. The van der Waals surface area contributed by atoms with Crippen molar-refractivity contribution in [3.05, 3.63) is 42.5 Å². The van der Waals surface area contributed by atoms with Gasteiger partial charge in [0.05, 0.1) is 19.0 Å². The molecular formula is C46H83N4O9P. The van der Waals surface area contributed by atoms with Crippen molar-refractivity contribution in [3.63, 3.8) is 0 Å². The van der Waals surface area contributed by atoms with Crippen LogP contribution in [0.2, 0.25) is 0 Å². The van der Waals surface area contributed by atoms with Crippen LogP contribution in [0.1, 0.15) is 199 Å². The van der Waals surface area contributed by atoms with Crippen LogP contribution in [-0.2, 0) is 43.9 Å². The summed E-state index contributed by atoms with van der Waals surface area (Å²) in [4.78, 5) is 54.7. The summed E-state index contributed by atoms with van der Waals surface area (Å²) in [5, 5.41) is 2.54. The molecule has 13 nitrogen and oxygen atoms in total. The summed E-state index contributed by atoms with van der Waals surface area (Å²) in [7, 11) is -4.79. The van der Waals surface area contributed by atoms with E-state index < -0.39 is 44.6 Å². The largest absolute Gasteiger partial charge is 0.475 e. The summed E-state index contributed by atoms with van der Waals surface area (Å²) in [5.74, 6) is -1.63. The number of phosphoric acid groups is 1. The zero-order chi connectivity index (χ0) is 43.8. The number of H-pyrrole nitrogens is 1. The van der Waals surface area contributed by atoms with E-state index in [4.69, 9.17) is 24.3 Å². The van der Waals surface area contributed by atoms with Crippen LogP contribution in [-0.4, -0.2) is 64.8 Å². The minimum Gasteiger partial charge on any atom is -0.459 e. The molecule has 0 aromatic carbocycles. The van der Waals surface area contributed by atoms with Gasteiger partial charge in [0.25, 0.3) is 0 Å². The molecular weight excluding hydrogens is 783 g/mol. The standard InChI is InChI=1S/C46H83N4O9P/c1-3-5-7-9-11-13-15-17-19-21-23-25-27-29-31-33-43(51)56-39-45(59-60(54,55)57-36-35-49-46(53)42(47)37-41-38-48-40-50-41)58-44(52)34-32-30-28-26-24-22-20-18-16-14-12-10-8-6-4-2/h17-20,38,40,42,45H,3-16,21-37,39,47H2,1-2H3,(H,48,50)(H,49,53)(H,54,55). The van der Waals surface area contributed by atoms with E-state index >= 15 is 0 Å². The lowest BCUT2D eigenvalue weighted by Crippen LogP contribution is -2.43. The van der Waals surface area contributed by atoms with Gasteiger partial charge in [-0.15, -0.1) is 0 Å². The molecule has 1 heterocycles. The molecule has 0 aliphatic rings. The lowest BCUT2D eigenvalue weighted by Gasteiger charge is -2.21. The second-order valence-corrected chi connectivity index (χ2v) is 17.3. The van der Waals surface area contributed by atoms with Crippen LogP contribution in [0.4, 0.5) is 0 Å². The number of hydrogen-bond donors (Lipinski definition) is 4. The van der Waals surface area contributed by atoms with Crippen molar-refractivity contribution in [1.82, 2.24) is 15.3 Å². The number of imidazole rings is 1. The zero-order valence-corrected chi connectivity index (χ0v) is 38.3. The number of ether oxygens (including phenoxy) is 2. The van der Waals surface area contributed by atoms with Gasteiger partial charge in [-0.25, -0.2) is 14.1 Å². The SMILES string of the molecule is CCCCCCCCC=CCCCCCCCC(=O)OCC(OC(=O)CCCCCCCC=CCCCCCCCC)OP(=O)(O)OCCNC(=O)C(N)Cc1cnc[nH]1. The number of allylic oxidation sites excluding steroid dienone is 4. The van der Waals surface area contributed by atoms with Gasteiger partial charge in [0.15, 0.2) is 6.61 Å². The number of hydrogen-bond acceptors (Lipinski definition) is 10. The number of esters is 2. The Morgan fingerprint density at radius 2 is 1.20 bits per heavy atom. The van der Waals surface area contributed by atoms with E-state index in [0.717, 1.165) is 77.0 Å². The normalized spacial score (nSPS) is 13.7. The molecule has 3 atom stereocenters. The zero-order valence-electron chi connectivity index (χ0n) is 37.4. The molecule has 0 fully saturated rings. The summed E-state index contributed by atoms with van der Waals surface area (Å²) in [6.45, 7) is 3.40. The number of nitrogens with one attached hydrogen (secondary N) is 2. The lowest BCUT2D eigenvalue weighted by molar-refractivity contribution is -0.180. The van der Waals surface area contributed by atoms with E-state index in [-0.39, 0.29) is 32.4 Å². The summed E-state index contributed by atoms with van der Waals surface area (Å²) in [6.07, 6.45) is 40.5. The fourth-order valence-corrected chi connectivity index (χ4v) is 7.36. The molecule has 1 aromatic heterocycles. The lowest BCUT2D eigenvalue weighted by atomic mass is 10.1. The first-order valence-electron chi connectivity index (χ1n) is 23.5. The first-order valence-corrected chi connectivity index (χ1v) is 25.0. The van der Waals surface area contributed by atoms with Crippen LogP contribution in [0.15, 0.2) is 36.8 Å². The van der Waals surface area contributed by atoms with Crippen molar-refractivity contribution in [3.8, 4) is 0 Å². The third-order valence-corrected chi connectivity index (χ3v) is 11.2. The van der Waals surface area contributed by atoms with E-state index in [0.29, 0.717) is 18.5 Å². The van der Waals surface area contributed by atoms with Gasteiger partial charge >= 0.3 is 19.8 Å². The van der Waals surface area contributed by atoms with E-state index in [2.05, 4.69) is 53.4 Å². The second kappa shape index (κ2) is 39.0. The number of nitrogens with two attached hydrogens (primary N) is 1. The van der Waals surface area contributed by atoms with Crippen molar-refractivity contribution in [2.24, 2.45) is 5.73 Å². The minimum atomic E-state index is -4.79. The van der Waals surface area contributed by atoms with Gasteiger partial charge in [-0.1, -0.05) is 141 Å². The maximum absolute atomic E-state index is 12.8. The van der Waals surface area contributed by atoms with Crippen LogP contribution in [0, 0.1) is 0 Å². The average molecular weight is 867 g/mol. The molecule has 0 aliphatic heterocycles. The molecule has 1 aromatic rings. The number of rotatable bonds is 42. The van der Waals surface area contributed by atoms with Crippen molar-refractivity contribution >= 4 is 25.7 Å². The summed E-state index contributed by atoms with van der Waals surface area (Å²) < 4.78 is 33.6. The average Bonchev–Trinajstić information content (AvgIpc) is 3.74. The summed E-state index contributed by atoms with van der Waals surface area (Å²) >= 11 is 0. The van der Waals surface area contributed by atoms with Gasteiger partial charge in [-0.3, -0.25) is 18.9 Å². The molecule has 1 amide bonds. The number of carbonyl (C=O) groups excluding carboxylic acids is 3. The van der Waals surface area contributed by atoms with Crippen LogP contribution in [0.3, 0.4) is 0 Å². The third kappa shape index (κ3) is 34.8. The molecule has 0 radical (unpaired) electrons. The Morgan fingerprint density at radius 3 is 1.68 bits per heavy atom. The molecule has 0 aliphatic carbocycles. The smallest absolute Gasteiger partial charge is 0.459 e. The van der Waals surface area contributed by atoms with Crippen LogP contribution in [0.25, 0.3) is 0 Å². The van der Waals surface area contributed by atoms with Gasteiger partial charge < -0.3 is 30.4 Å². The monoisotopic (exact) mass is 867 g/mol. The maximum atomic E-state index is 12.8. The molecule has 14 heteroatoms. The number of nitrogens with zero attached hydrogens (tertiary/aromatic N) is 1. The van der Waals surface area contributed by atoms with E-state index in [9.17, 15) is 23.8 Å². The molecule has 5 N–H and O–H groups in total. The highest BCUT2D eigenvalue weighted by atomic mass is 31.2. The van der Waals surface area contributed by atoms with Crippen LogP contribution in [0.5, 0.6) is 0 Å². The minimum absolute atomic E-state index is 0.0856. The van der Waals surface area contributed by atoms with E-state index in [1.165, 1.54) is 83.4 Å². The molecule has 0 saturated carbocycles. The predicted molar refractivity (Wildman–Crippen MR) is 240 cm³/mol. The molecule has 0 saturated heterocycles. The number of carbonyl (C=O) groups is 3. The molecule has 346 valence electrons. The second-order valence-electron chi connectivity index (χ2n) is 15.9. The van der Waals surface area contributed by atoms with Gasteiger partial charge in [0.2, 0.25) is 12.2 Å².